The Morgan fingerprint density at radius 3 is 2.93 bits per heavy atom. The summed E-state index contributed by atoms with van der Waals surface area (Å²) in [6.45, 7) is 3.61. The molecule has 4 nitrogen and oxygen atoms in total. The average Bonchev–Trinajstić information content (AvgIpc) is 2.20. The number of pyridine rings is 1. The zero-order valence-corrected chi connectivity index (χ0v) is 8.57. The van der Waals surface area contributed by atoms with Gasteiger partial charge in [0.15, 0.2) is 0 Å². The lowest BCUT2D eigenvalue weighted by Gasteiger charge is -2.11. The topological polar surface area (TPSA) is 51.2 Å². The molecule has 0 spiro atoms. The van der Waals surface area contributed by atoms with Crippen LogP contribution in [0.3, 0.4) is 0 Å². The van der Waals surface area contributed by atoms with Crippen LogP contribution >= 0.6 is 0 Å². The number of hydrogen-bond acceptors (Lipinski definition) is 3. The Morgan fingerprint density at radius 2 is 2.36 bits per heavy atom. The lowest BCUT2D eigenvalue weighted by molar-refractivity contribution is -0.124. The third-order valence-electron chi connectivity index (χ3n) is 2.02. The molecule has 76 valence electrons. The quantitative estimate of drug-likeness (QED) is 0.790. The number of carbonyl (C=O) groups excluding carboxylic acids is 1. The smallest absolute Gasteiger partial charge is 0.253 e. The summed E-state index contributed by atoms with van der Waals surface area (Å²) in [5, 5.41) is 2.73. The first-order valence-corrected chi connectivity index (χ1v) is 4.39. The van der Waals surface area contributed by atoms with Crippen molar-refractivity contribution in [3.8, 4) is 0 Å². The van der Waals surface area contributed by atoms with Crippen molar-refractivity contribution in [2.75, 3.05) is 12.4 Å². The summed E-state index contributed by atoms with van der Waals surface area (Å²) in [4.78, 5) is 15.4. The second-order valence-electron chi connectivity index (χ2n) is 3.06. The summed E-state index contributed by atoms with van der Waals surface area (Å²) >= 11 is 0. The van der Waals surface area contributed by atoms with Crippen molar-refractivity contribution in [2.45, 2.75) is 20.0 Å². The van der Waals surface area contributed by atoms with Gasteiger partial charge in [-0.1, -0.05) is 0 Å². The number of carbonyl (C=O) groups is 1. The fourth-order valence-corrected chi connectivity index (χ4v) is 0.936. The maximum absolute atomic E-state index is 11.4. The lowest BCUT2D eigenvalue weighted by atomic mass is 10.2. The molecule has 4 heteroatoms. The van der Waals surface area contributed by atoms with Crippen LogP contribution in [0.1, 0.15) is 12.5 Å². The Labute approximate surface area is 83.3 Å². The van der Waals surface area contributed by atoms with Crippen molar-refractivity contribution in [1.29, 1.82) is 0 Å². The van der Waals surface area contributed by atoms with Gasteiger partial charge in [0, 0.05) is 13.3 Å². The molecule has 0 aromatic carbocycles. The summed E-state index contributed by atoms with van der Waals surface area (Å²) in [7, 11) is 1.50. The van der Waals surface area contributed by atoms with Crippen molar-refractivity contribution < 1.29 is 9.53 Å². The molecule has 0 aliphatic rings. The van der Waals surface area contributed by atoms with Crippen LogP contribution in [0.15, 0.2) is 18.5 Å². The Hall–Kier alpha value is -1.42. The van der Waals surface area contributed by atoms with Crippen molar-refractivity contribution in [1.82, 2.24) is 4.98 Å². The largest absolute Gasteiger partial charge is 0.372 e. The third kappa shape index (κ3) is 2.53. The summed E-state index contributed by atoms with van der Waals surface area (Å²) in [6, 6.07) is 1.84. The van der Waals surface area contributed by atoms with Gasteiger partial charge in [-0.3, -0.25) is 9.78 Å². The van der Waals surface area contributed by atoms with E-state index in [0.29, 0.717) is 0 Å². The van der Waals surface area contributed by atoms with E-state index in [0.717, 1.165) is 11.3 Å². The van der Waals surface area contributed by atoms with E-state index in [1.165, 1.54) is 7.11 Å². The molecule has 0 fully saturated rings. The molecule has 0 aliphatic carbocycles. The molecule has 1 amide bonds. The minimum Gasteiger partial charge on any atom is -0.372 e. The molecule has 1 N–H and O–H groups in total. The van der Waals surface area contributed by atoms with Gasteiger partial charge in [-0.15, -0.1) is 0 Å². The number of methoxy groups -OCH3 is 1. The zero-order valence-electron chi connectivity index (χ0n) is 8.57. The highest BCUT2D eigenvalue weighted by atomic mass is 16.5. The number of nitrogens with one attached hydrogen (secondary N) is 1. The van der Waals surface area contributed by atoms with E-state index >= 15 is 0 Å². The molecule has 1 atom stereocenters. The first-order valence-electron chi connectivity index (χ1n) is 4.39. The molecule has 1 heterocycles. The minimum absolute atomic E-state index is 0.163. The van der Waals surface area contributed by atoms with Gasteiger partial charge < -0.3 is 10.1 Å². The van der Waals surface area contributed by atoms with E-state index in [9.17, 15) is 4.79 Å². The van der Waals surface area contributed by atoms with Crippen molar-refractivity contribution in [2.24, 2.45) is 0 Å². The van der Waals surface area contributed by atoms with E-state index in [-0.39, 0.29) is 5.91 Å². The van der Waals surface area contributed by atoms with E-state index in [2.05, 4.69) is 10.3 Å². The SMILES string of the molecule is CO[C@@H](C)C(=O)Nc1cnccc1C. The van der Waals surface area contributed by atoms with Gasteiger partial charge in [0.25, 0.3) is 5.91 Å². The number of ether oxygens (including phenoxy) is 1. The van der Waals surface area contributed by atoms with Gasteiger partial charge in [-0.05, 0) is 25.5 Å². The van der Waals surface area contributed by atoms with Crippen molar-refractivity contribution in [3.05, 3.63) is 24.0 Å². The molecular weight excluding hydrogens is 180 g/mol. The number of hydrogen-bond donors (Lipinski definition) is 1. The molecule has 1 rings (SSSR count). The van der Waals surface area contributed by atoms with Crippen LogP contribution < -0.4 is 5.32 Å². The van der Waals surface area contributed by atoms with Gasteiger partial charge in [0.2, 0.25) is 0 Å². The van der Waals surface area contributed by atoms with Crippen molar-refractivity contribution >= 4 is 11.6 Å². The van der Waals surface area contributed by atoms with Gasteiger partial charge in [0.1, 0.15) is 6.10 Å². The predicted molar refractivity (Wildman–Crippen MR) is 54.1 cm³/mol. The standard InChI is InChI=1S/C10H14N2O2/c1-7-4-5-11-6-9(7)12-10(13)8(2)14-3/h4-6,8H,1-3H3,(H,12,13)/t8-/m0/s1. The van der Waals surface area contributed by atoms with Crippen LogP contribution in [0.2, 0.25) is 0 Å². The monoisotopic (exact) mass is 194 g/mol. The number of aryl methyl sites for hydroxylation is 1. The maximum atomic E-state index is 11.4. The van der Waals surface area contributed by atoms with E-state index in [4.69, 9.17) is 4.74 Å². The van der Waals surface area contributed by atoms with Crippen LogP contribution in [0.25, 0.3) is 0 Å². The fraction of sp³-hybridized carbons (Fsp3) is 0.400. The highest BCUT2D eigenvalue weighted by Gasteiger charge is 2.12. The maximum Gasteiger partial charge on any atom is 0.253 e. The highest BCUT2D eigenvalue weighted by molar-refractivity contribution is 5.94. The Bertz CT molecular complexity index is 326. The highest BCUT2D eigenvalue weighted by Crippen LogP contribution is 2.11. The second-order valence-corrected chi connectivity index (χ2v) is 3.06. The van der Waals surface area contributed by atoms with Crippen LogP contribution in [0, 0.1) is 6.92 Å². The zero-order chi connectivity index (χ0) is 10.6. The summed E-state index contributed by atoms with van der Waals surface area (Å²) < 4.78 is 4.89. The van der Waals surface area contributed by atoms with Crippen molar-refractivity contribution in [3.63, 3.8) is 0 Å². The second kappa shape index (κ2) is 4.72. The van der Waals surface area contributed by atoms with Gasteiger partial charge >= 0.3 is 0 Å². The molecule has 0 saturated carbocycles. The molecule has 14 heavy (non-hydrogen) atoms. The predicted octanol–water partition coefficient (Wildman–Crippen LogP) is 1.36. The number of rotatable bonds is 3. The Morgan fingerprint density at radius 1 is 1.64 bits per heavy atom. The molecular formula is C10H14N2O2. The third-order valence-corrected chi connectivity index (χ3v) is 2.02. The number of nitrogens with zero attached hydrogens (tertiary/aromatic N) is 1. The molecule has 0 unspecified atom stereocenters. The van der Waals surface area contributed by atoms with Gasteiger partial charge in [0.05, 0.1) is 11.9 Å². The average molecular weight is 194 g/mol. The summed E-state index contributed by atoms with van der Waals surface area (Å²) in [5.41, 5.74) is 1.71. The fourth-order valence-electron chi connectivity index (χ4n) is 0.936. The normalized spacial score (nSPS) is 12.2. The Kier molecular flexibility index (Phi) is 3.59. The first-order chi connectivity index (χ1) is 6.65. The van der Waals surface area contributed by atoms with Gasteiger partial charge in [-0.25, -0.2) is 0 Å². The minimum atomic E-state index is -0.449. The van der Waals surface area contributed by atoms with Crippen LogP contribution in [-0.4, -0.2) is 24.1 Å². The molecule has 1 aromatic rings. The van der Waals surface area contributed by atoms with Gasteiger partial charge in [-0.2, -0.15) is 0 Å². The summed E-state index contributed by atoms with van der Waals surface area (Å²) in [5.74, 6) is -0.163. The first kappa shape index (κ1) is 10.7. The number of anilines is 1. The number of aromatic nitrogens is 1. The van der Waals surface area contributed by atoms with Crippen LogP contribution in [0.5, 0.6) is 0 Å². The number of amides is 1. The van der Waals surface area contributed by atoms with E-state index in [1.54, 1.807) is 19.3 Å². The molecule has 0 saturated heterocycles. The Balaban J connectivity index is 2.70. The summed E-state index contributed by atoms with van der Waals surface area (Å²) in [6.07, 6.45) is 2.86. The lowest BCUT2D eigenvalue weighted by Crippen LogP contribution is -2.26. The molecule has 0 aliphatic heterocycles. The van der Waals surface area contributed by atoms with Crippen LogP contribution in [-0.2, 0) is 9.53 Å². The molecule has 1 aromatic heterocycles. The molecule has 0 radical (unpaired) electrons. The van der Waals surface area contributed by atoms with E-state index in [1.807, 2.05) is 13.0 Å². The van der Waals surface area contributed by atoms with Crippen LogP contribution in [0.4, 0.5) is 5.69 Å². The molecule has 0 bridgehead atoms. The van der Waals surface area contributed by atoms with E-state index < -0.39 is 6.10 Å².